The van der Waals surface area contributed by atoms with Gasteiger partial charge in [-0.3, -0.25) is 9.59 Å². The standard InChI is InChI=1S/C16H12Cl4N2O2/c1-22(16(24)10-7-9(17)5-6-11(10)18)8-14(23)21-15-12(19)3-2-4-13(15)20/h2-7H,8H2,1H3,(H,21,23). The predicted octanol–water partition coefficient (Wildman–Crippen LogP) is 5.01. The molecule has 0 saturated heterocycles. The Morgan fingerprint density at radius 1 is 1.00 bits per heavy atom. The summed E-state index contributed by atoms with van der Waals surface area (Å²) in [6, 6.07) is 9.41. The van der Waals surface area contributed by atoms with Crippen molar-refractivity contribution in [1.29, 1.82) is 0 Å². The van der Waals surface area contributed by atoms with Crippen molar-refractivity contribution < 1.29 is 9.59 Å². The van der Waals surface area contributed by atoms with Crippen LogP contribution in [0.25, 0.3) is 0 Å². The molecule has 1 N–H and O–H groups in total. The molecular formula is C16H12Cl4N2O2. The first-order chi connectivity index (χ1) is 11.3. The Labute approximate surface area is 159 Å². The third kappa shape index (κ3) is 4.54. The van der Waals surface area contributed by atoms with Crippen LogP contribution in [0.15, 0.2) is 36.4 Å². The van der Waals surface area contributed by atoms with Crippen LogP contribution in [0, 0.1) is 0 Å². The fourth-order valence-electron chi connectivity index (χ4n) is 1.95. The molecule has 0 unspecified atom stereocenters. The first-order valence-corrected chi connectivity index (χ1v) is 8.25. The van der Waals surface area contributed by atoms with Gasteiger partial charge in [0, 0.05) is 12.1 Å². The lowest BCUT2D eigenvalue weighted by Gasteiger charge is -2.18. The maximum Gasteiger partial charge on any atom is 0.255 e. The van der Waals surface area contributed by atoms with E-state index < -0.39 is 11.8 Å². The third-order valence-corrected chi connectivity index (χ3v) is 4.31. The number of carbonyl (C=O) groups excluding carboxylic acids is 2. The highest BCUT2D eigenvalue weighted by Gasteiger charge is 2.19. The number of halogens is 4. The summed E-state index contributed by atoms with van der Waals surface area (Å²) in [5, 5.41) is 3.84. The van der Waals surface area contributed by atoms with E-state index in [9.17, 15) is 9.59 Å². The number of amides is 2. The Morgan fingerprint density at radius 2 is 1.62 bits per heavy atom. The van der Waals surface area contributed by atoms with E-state index in [1.807, 2.05) is 0 Å². The molecule has 0 aliphatic heterocycles. The van der Waals surface area contributed by atoms with E-state index in [2.05, 4.69) is 5.32 Å². The van der Waals surface area contributed by atoms with Crippen molar-refractivity contribution >= 4 is 63.9 Å². The summed E-state index contributed by atoms with van der Waals surface area (Å²) in [7, 11) is 1.48. The molecule has 0 spiro atoms. The molecule has 0 radical (unpaired) electrons. The number of nitrogens with one attached hydrogen (secondary N) is 1. The van der Waals surface area contributed by atoms with Crippen LogP contribution in [-0.2, 0) is 4.79 Å². The molecule has 2 aromatic carbocycles. The quantitative estimate of drug-likeness (QED) is 0.776. The molecule has 0 heterocycles. The second-order valence-corrected chi connectivity index (χ2v) is 6.59. The van der Waals surface area contributed by atoms with Gasteiger partial charge in [0.05, 0.1) is 32.9 Å². The molecule has 0 atom stereocenters. The summed E-state index contributed by atoms with van der Waals surface area (Å²) in [6.45, 7) is -0.205. The van der Waals surface area contributed by atoms with Crippen molar-refractivity contribution in [2.24, 2.45) is 0 Å². The number of nitrogens with zero attached hydrogens (tertiary/aromatic N) is 1. The summed E-state index contributed by atoms with van der Waals surface area (Å²) in [5.41, 5.74) is 0.516. The first-order valence-electron chi connectivity index (χ1n) is 6.74. The predicted molar refractivity (Wildman–Crippen MR) is 98.5 cm³/mol. The lowest BCUT2D eigenvalue weighted by molar-refractivity contribution is -0.116. The van der Waals surface area contributed by atoms with Gasteiger partial charge in [-0.25, -0.2) is 0 Å². The molecular weight excluding hydrogens is 394 g/mol. The second-order valence-electron chi connectivity index (χ2n) is 4.93. The van der Waals surface area contributed by atoms with E-state index in [1.165, 1.54) is 24.1 Å². The van der Waals surface area contributed by atoms with E-state index >= 15 is 0 Å². The van der Waals surface area contributed by atoms with Gasteiger partial charge in [0.2, 0.25) is 5.91 Å². The molecule has 8 heteroatoms. The Balaban J connectivity index is 2.08. The van der Waals surface area contributed by atoms with Gasteiger partial charge in [-0.2, -0.15) is 0 Å². The highest BCUT2D eigenvalue weighted by molar-refractivity contribution is 6.39. The molecule has 126 valence electrons. The molecule has 24 heavy (non-hydrogen) atoms. The number of hydrogen-bond donors (Lipinski definition) is 1. The lowest BCUT2D eigenvalue weighted by Crippen LogP contribution is -2.35. The SMILES string of the molecule is CN(CC(=O)Nc1c(Cl)cccc1Cl)C(=O)c1cc(Cl)ccc1Cl. The molecule has 0 bridgehead atoms. The van der Waals surface area contributed by atoms with Crippen molar-refractivity contribution in [3.8, 4) is 0 Å². The number of para-hydroxylation sites is 1. The van der Waals surface area contributed by atoms with Crippen molar-refractivity contribution in [2.75, 3.05) is 18.9 Å². The number of benzene rings is 2. The molecule has 0 aromatic heterocycles. The zero-order chi connectivity index (χ0) is 17.9. The lowest BCUT2D eigenvalue weighted by atomic mass is 10.2. The van der Waals surface area contributed by atoms with Crippen LogP contribution in [0.2, 0.25) is 20.1 Å². The van der Waals surface area contributed by atoms with Crippen molar-refractivity contribution in [2.45, 2.75) is 0 Å². The normalized spacial score (nSPS) is 10.4. The highest BCUT2D eigenvalue weighted by atomic mass is 35.5. The van der Waals surface area contributed by atoms with Gasteiger partial charge in [-0.15, -0.1) is 0 Å². The Bertz CT molecular complexity index is 775. The molecule has 4 nitrogen and oxygen atoms in total. The van der Waals surface area contributed by atoms with E-state index in [4.69, 9.17) is 46.4 Å². The topological polar surface area (TPSA) is 49.4 Å². The maximum atomic E-state index is 12.4. The fraction of sp³-hybridized carbons (Fsp3) is 0.125. The van der Waals surface area contributed by atoms with Crippen LogP contribution in [0.5, 0.6) is 0 Å². The summed E-state index contributed by atoms with van der Waals surface area (Å²) in [4.78, 5) is 25.7. The number of likely N-dealkylation sites (N-methyl/N-ethyl adjacent to an activating group) is 1. The van der Waals surface area contributed by atoms with Crippen LogP contribution >= 0.6 is 46.4 Å². The van der Waals surface area contributed by atoms with Crippen LogP contribution in [0.1, 0.15) is 10.4 Å². The van der Waals surface area contributed by atoms with E-state index in [-0.39, 0.29) is 17.1 Å². The van der Waals surface area contributed by atoms with Crippen LogP contribution in [0.4, 0.5) is 5.69 Å². The van der Waals surface area contributed by atoms with E-state index in [1.54, 1.807) is 24.3 Å². The molecule has 0 aliphatic carbocycles. The zero-order valence-corrected chi connectivity index (χ0v) is 15.5. The van der Waals surface area contributed by atoms with Crippen molar-refractivity contribution in [3.05, 3.63) is 62.1 Å². The van der Waals surface area contributed by atoms with Crippen molar-refractivity contribution in [1.82, 2.24) is 4.90 Å². The molecule has 0 saturated carbocycles. The van der Waals surface area contributed by atoms with Crippen LogP contribution < -0.4 is 5.32 Å². The second kappa shape index (κ2) is 8.08. The molecule has 2 rings (SSSR count). The Kier molecular flexibility index (Phi) is 6.35. The molecule has 0 aliphatic rings. The highest BCUT2D eigenvalue weighted by Crippen LogP contribution is 2.29. The average molecular weight is 406 g/mol. The first kappa shape index (κ1) is 18.9. The van der Waals surface area contributed by atoms with Crippen molar-refractivity contribution in [3.63, 3.8) is 0 Å². The Hall–Kier alpha value is -1.46. The average Bonchev–Trinajstić information content (AvgIpc) is 2.52. The van der Waals surface area contributed by atoms with Crippen LogP contribution in [-0.4, -0.2) is 30.3 Å². The van der Waals surface area contributed by atoms with Gasteiger partial charge in [0.25, 0.3) is 5.91 Å². The van der Waals surface area contributed by atoms with Gasteiger partial charge in [0.1, 0.15) is 0 Å². The summed E-state index contributed by atoms with van der Waals surface area (Å²) in [6.07, 6.45) is 0. The van der Waals surface area contributed by atoms with E-state index in [0.29, 0.717) is 20.8 Å². The van der Waals surface area contributed by atoms with Gasteiger partial charge in [0.15, 0.2) is 0 Å². The minimum Gasteiger partial charge on any atom is -0.332 e. The summed E-state index contributed by atoms with van der Waals surface area (Å²) < 4.78 is 0. The zero-order valence-electron chi connectivity index (χ0n) is 12.4. The van der Waals surface area contributed by atoms with Gasteiger partial charge in [-0.05, 0) is 30.3 Å². The number of hydrogen-bond acceptors (Lipinski definition) is 2. The Morgan fingerprint density at radius 3 is 2.25 bits per heavy atom. The maximum absolute atomic E-state index is 12.4. The van der Waals surface area contributed by atoms with Gasteiger partial charge >= 0.3 is 0 Å². The molecule has 0 fully saturated rings. The van der Waals surface area contributed by atoms with Crippen LogP contribution in [0.3, 0.4) is 0 Å². The van der Waals surface area contributed by atoms with E-state index in [0.717, 1.165) is 0 Å². The molecule has 2 aromatic rings. The summed E-state index contributed by atoms with van der Waals surface area (Å²) in [5.74, 6) is -0.873. The van der Waals surface area contributed by atoms with Gasteiger partial charge < -0.3 is 10.2 Å². The summed E-state index contributed by atoms with van der Waals surface area (Å²) >= 11 is 23.9. The van der Waals surface area contributed by atoms with Gasteiger partial charge in [-0.1, -0.05) is 52.5 Å². The fourth-order valence-corrected chi connectivity index (χ4v) is 2.81. The minimum atomic E-state index is -0.445. The minimum absolute atomic E-state index is 0.205. The number of rotatable bonds is 4. The number of carbonyl (C=O) groups is 2. The number of anilines is 1. The molecule has 2 amide bonds. The third-order valence-electron chi connectivity index (χ3n) is 3.11. The smallest absolute Gasteiger partial charge is 0.255 e. The monoisotopic (exact) mass is 404 g/mol. The largest absolute Gasteiger partial charge is 0.332 e.